The quantitative estimate of drug-likeness (QED) is 0.558. The van der Waals surface area contributed by atoms with Crippen molar-refractivity contribution in [3.05, 3.63) is 67.0 Å². The third-order valence-corrected chi connectivity index (χ3v) is 4.39. The van der Waals surface area contributed by atoms with Gasteiger partial charge in [0.2, 0.25) is 5.91 Å². The normalized spacial score (nSPS) is 11.9. The van der Waals surface area contributed by atoms with Crippen molar-refractivity contribution in [2.75, 3.05) is 5.32 Å². The van der Waals surface area contributed by atoms with Crippen LogP contribution >= 0.6 is 0 Å². The molecule has 2 N–H and O–H groups in total. The summed E-state index contributed by atoms with van der Waals surface area (Å²) in [5, 5.41) is 13.1. The van der Waals surface area contributed by atoms with Gasteiger partial charge in [0.15, 0.2) is 23.3 Å². The van der Waals surface area contributed by atoms with Crippen LogP contribution in [0.2, 0.25) is 0 Å². The van der Waals surface area contributed by atoms with Crippen molar-refractivity contribution in [3.8, 4) is 17.4 Å². The van der Waals surface area contributed by atoms with Crippen molar-refractivity contribution < 1.29 is 19.0 Å². The molecule has 1 atom stereocenters. The number of hydrogen-bond acceptors (Lipinski definition) is 5. The predicted octanol–water partition coefficient (Wildman–Crippen LogP) is 4.78. The summed E-state index contributed by atoms with van der Waals surface area (Å²) in [6, 6.07) is 5.30. The molecular weight excluding hydrogens is 387 g/mol. The van der Waals surface area contributed by atoms with E-state index in [0.717, 1.165) is 0 Å². The summed E-state index contributed by atoms with van der Waals surface area (Å²) in [5.74, 6) is -0.425. The maximum Gasteiger partial charge on any atom is 0.248 e. The van der Waals surface area contributed by atoms with E-state index < -0.39 is 11.9 Å². The van der Waals surface area contributed by atoms with E-state index in [-0.39, 0.29) is 29.2 Å². The van der Waals surface area contributed by atoms with E-state index in [1.54, 1.807) is 12.1 Å². The summed E-state index contributed by atoms with van der Waals surface area (Å²) in [6.07, 6.45) is 7.72. The Morgan fingerprint density at radius 2 is 2.20 bits per heavy atom. The lowest BCUT2D eigenvalue weighted by Gasteiger charge is -2.20. The molecule has 3 rings (SSSR count). The Morgan fingerprint density at radius 3 is 2.87 bits per heavy atom. The molecule has 0 saturated heterocycles. The lowest BCUT2D eigenvalue weighted by atomic mass is 10.0. The molecule has 0 fully saturated rings. The van der Waals surface area contributed by atoms with Crippen LogP contribution in [0.5, 0.6) is 17.4 Å². The maximum absolute atomic E-state index is 14.4. The number of ether oxygens (including phenoxy) is 1. The van der Waals surface area contributed by atoms with E-state index in [2.05, 4.69) is 21.9 Å². The third kappa shape index (κ3) is 4.83. The molecule has 0 unspecified atom stereocenters. The Morgan fingerprint density at radius 1 is 1.40 bits per heavy atom. The molecule has 2 aromatic heterocycles. The number of amides is 1. The minimum absolute atomic E-state index is 0.00558. The molecule has 3 aromatic rings. The summed E-state index contributed by atoms with van der Waals surface area (Å²) in [4.78, 5) is 20.9. The van der Waals surface area contributed by atoms with Crippen molar-refractivity contribution in [1.82, 2.24) is 14.5 Å². The highest BCUT2D eigenvalue weighted by Crippen LogP contribution is 2.34. The predicted molar refractivity (Wildman–Crippen MR) is 112 cm³/mol. The number of hydrogen-bond donors (Lipinski definition) is 2. The molecule has 8 heteroatoms. The second kappa shape index (κ2) is 9.21. The molecule has 0 aliphatic rings. The average Bonchev–Trinajstić information content (AvgIpc) is 3.08. The Kier molecular flexibility index (Phi) is 6.46. The molecule has 0 aliphatic heterocycles. The highest BCUT2D eigenvalue weighted by molar-refractivity contribution is 5.93. The monoisotopic (exact) mass is 410 g/mol. The topological polar surface area (TPSA) is 89.3 Å². The zero-order valence-corrected chi connectivity index (χ0v) is 16.7. The molecule has 0 spiro atoms. The number of aromatic hydroxyl groups is 1. The smallest absolute Gasteiger partial charge is 0.248 e. The average molecular weight is 410 g/mol. The minimum Gasteiger partial charge on any atom is -0.494 e. The van der Waals surface area contributed by atoms with E-state index in [0.29, 0.717) is 17.8 Å². The van der Waals surface area contributed by atoms with E-state index in [1.807, 2.05) is 13.8 Å². The van der Waals surface area contributed by atoms with Crippen LogP contribution < -0.4 is 10.1 Å². The summed E-state index contributed by atoms with van der Waals surface area (Å²) < 4.78 is 21.4. The molecule has 0 bridgehead atoms. The van der Waals surface area contributed by atoms with Crippen molar-refractivity contribution in [3.63, 3.8) is 0 Å². The van der Waals surface area contributed by atoms with Gasteiger partial charge < -0.3 is 19.7 Å². The first-order valence-electron chi connectivity index (χ1n) is 9.45. The molecule has 30 heavy (non-hydrogen) atoms. The summed E-state index contributed by atoms with van der Waals surface area (Å²) in [5.41, 5.74) is 0.303. The Balaban J connectivity index is 1.87. The summed E-state index contributed by atoms with van der Waals surface area (Å²) in [6.45, 7) is 7.51. The van der Waals surface area contributed by atoms with Gasteiger partial charge in [-0.2, -0.15) is 0 Å². The van der Waals surface area contributed by atoms with Crippen LogP contribution in [0, 0.1) is 11.7 Å². The van der Waals surface area contributed by atoms with Gasteiger partial charge in [-0.1, -0.05) is 38.6 Å². The molecular formula is C22H23FN4O3. The molecule has 0 radical (unpaired) electrons. The minimum atomic E-state index is -0.728. The van der Waals surface area contributed by atoms with Crippen LogP contribution in [0.4, 0.5) is 10.2 Å². The highest BCUT2D eigenvalue weighted by atomic mass is 19.1. The van der Waals surface area contributed by atoms with Crippen LogP contribution in [0.25, 0.3) is 6.08 Å². The van der Waals surface area contributed by atoms with Crippen LogP contribution in [0.1, 0.15) is 31.9 Å². The van der Waals surface area contributed by atoms with Gasteiger partial charge in [-0.15, -0.1) is 0 Å². The first-order chi connectivity index (χ1) is 14.4. The molecule has 1 aromatic carbocycles. The number of benzene rings is 1. The van der Waals surface area contributed by atoms with Gasteiger partial charge >= 0.3 is 0 Å². The maximum atomic E-state index is 14.4. The van der Waals surface area contributed by atoms with Gasteiger partial charge in [0.05, 0.1) is 12.4 Å². The SMILES string of the molecule is C=Cc1cccc(Oc2cc(O)n([C@@H](CC(C)C)C(=O)Nc3cnccn3)c2)c1F. The fourth-order valence-corrected chi connectivity index (χ4v) is 3.01. The lowest BCUT2D eigenvalue weighted by Crippen LogP contribution is -2.27. The first kappa shape index (κ1) is 21.0. The first-order valence-corrected chi connectivity index (χ1v) is 9.45. The van der Waals surface area contributed by atoms with Crippen molar-refractivity contribution in [2.45, 2.75) is 26.3 Å². The van der Waals surface area contributed by atoms with Gasteiger partial charge in [0, 0.05) is 24.0 Å². The second-order valence-corrected chi connectivity index (χ2v) is 7.13. The fourth-order valence-electron chi connectivity index (χ4n) is 3.01. The number of carbonyl (C=O) groups excluding carboxylic acids is 1. The Bertz CT molecular complexity index is 1030. The Labute approximate surface area is 173 Å². The number of rotatable bonds is 8. The van der Waals surface area contributed by atoms with Gasteiger partial charge in [-0.3, -0.25) is 9.78 Å². The second-order valence-electron chi connectivity index (χ2n) is 7.13. The Hall–Kier alpha value is -3.68. The summed E-state index contributed by atoms with van der Waals surface area (Å²) in [7, 11) is 0. The standard InChI is InChI=1S/C22H23FN4O3/c1-4-15-6-5-7-18(21(15)23)30-16-11-20(28)27(13-16)17(10-14(2)3)22(29)26-19-12-24-8-9-25-19/h4-9,11-14,17,28H,1,10H2,2-3H3,(H,25,26,29)/t17-/m0/s1. The third-order valence-electron chi connectivity index (χ3n) is 4.39. The van der Waals surface area contributed by atoms with Crippen molar-refractivity contribution >= 4 is 17.8 Å². The van der Waals surface area contributed by atoms with E-state index in [4.69, 9.17) is 4.74 Å². The largest absolute Gasteiger partial charge is 0.494 e. The van der Waals surface area contributed by atoms with Crippen LogP contribution in [0.15, 0.2) is 55.6 Å². The molecule has 7 nitrogen and oxygen atoms in total. The number of halogens is 1. The number of nitrogens with one attached hydrogen (secondary N) is 1. The fraction of sp³-hybridized carbons (Fsp3) is 0.227. The van der Waals surface area contributed by atoms with Gasteiger partial charge in [0.25, 0.3) is 0 Å². The lowest BCUT2D eigenvalue weighted by molar-refractivity contribution is -0.119. The number of carbonyl (C=O) groups is 1. The zero-order valence-electron chi connectivity index (χ0n) is 16.7. The van der Waals surface area contributed by atoms with Gasteiger partial charge in [-0.25, -0.2) is 9.37 Å². The van der Waals surface area contributed by atoms with E-state index in [9.17, 15) is 14.3 Å². The van der Waals surface area contributed by atoms with E-state index in [1.165, 1.54) is 47.6 Å². The highest BCUT2D eigenvalue weighted by Gasteiger charge is 2.25. The zero-order chi connectivity index (χ0) is 21.7. The molecule has 1 amide bonds. The van der Waals surface area contributed by atoms with Crippen LogP contribution in [-0.2, 0) is 4.79 Å². The van der Waals surface area contributed by atoms with Crippen molar-refractivity contribution in [1.29, 1.82) is 0 Å². The molecule has 2 heterocycles. The number of aromatic nitrogens is 3. The van der Waals surface area contributed by atoms with Crippen LogP contribution in [-0.4, -0.2) is 25.5 Å². The van der Waals surface area contributed by atoms with Crippen LogP contribution in [0.3, 0.4) is 0 Å². The number of nitrogens with zero attached hydrogens (tertiary/aromatic N) is 3. The van der Waals surface area contributed by atoms with Gasteiger partial charge in [0.1, 0.15) is 11.8 Å². The van der Waals surface area contributed by atoms with Crippen molar-refractivity contribution in [2.24, 2.45) is 5.92 Å². The molecule has 0 saturated carbocycles. The molecule has 156 valence electrons. The van der Waals surface area contributed by atoms with E-state index >= 15 is 0 Å². The van der Waals surface area contributed by atoms with Gasteiger partial charge in [-0.05, 0) is 18.4 Å². The number of anilines is 1. The summed E-state index contributed by atoms with van der Waals surface area (Å²) >= 11 is 0. The molecule has 0 aliphatic carbocycles.